The summed E-state index contributed by atoms with van der Waals surface area (Å²) < 4.78 is 26.4. The minimum atomic E-state index is -1.33. The van der Waals surface area contributed by atoms with Gasteiger partial charge in [0.2, 0.25) is 5.79 Å². The fourth-order valence-corrected chi connectivity index (χ4v) is 9.13. The van der Waals surface area contributed by atoms with Crippen LogP contribution in [0.4, 0.5) is 4.79 Å². The molecule has 0 saturated heterocycles. The molecule has 56 heavy (non-hydrogen) atoms. The summed E-state index contributed by atoms with van der Waals surface area (Å²) >= 11 is 0. The molecule has 10 nitrogen and oxygen atoms in total. The van der Waals surface area contributed by atoms with Gasteiger partial charge >= 0.3 is 6.09 Å². The van der Waals surface area contributed by atoms with E-state index in [4.69, 9.17) is 23.8 Å². The zero-order valence-corrected chi connectivity index (χ0v) is 33.1. The number of benzene rings is 3. The first-order valence-electron chi connectivity index (χ1n) is 20.3. The lowest BCUT2D eigenvalue weighted by molar-refractivity contribution is -0.255. The molecule has 2 N–H and O–H groups in total. The highest BCUT2D eigenvalue weighted by molar-refractivity contribution is 6.03. The summed E-state index contributed by atoms with van der Waals surface area (Å²) in [6, 6.07) is 23.7. The molecule has 10 heteroatoms. The number of ether oxygens (including phenoxy) is 4. The Balaban J connectivity index is 1.52. The SMILES string of the molecule is C=CCOC12Oc3ccc(Oc4ccc(-c5ccccc5)cc4)cc3C3C(CCCCO)C(CCCCO)C=C(C(=NOC)CC1N(CCC)C(=O)OCC)C32. The molecular formula is C46H58N2O8. The van der Waals surface area contributed by atoms with Crippen molar-refractivity contribution in [2.75, 3.05) is 40.1 Å². The van der Waals surface area contributed by atoms with E-state index >= 15 is 0 Å². The standard InChI is InChI=1S/C46H58N2O8/c1-5-25-48(45(51)53-7-3)42-31-40(47-52-4)38-29-34(17-11-13-26-49)37(18-12-14-27-50)43-39-30-36(23-24-41(39)56-46(42,44(38)43)54-28-6-2)55-35-21-19-33(20-22-35)32-15-9-8-10-16-32/h6,8-10,15-16,19-24,29-30,34,37,42-44,49-50H,2,5,7,11-14,17-18,25-28,31H2,1,3-4H3. The van der Waals surface area contributed by atoms with Gasteiger partial charge in [0.05, 0.1) is 24.8 Å². The van der Waals surface area contributed by atoms with Crippen molar-refractivity contribution in [1.29, 1.82) is 0 Å². The molecule has 6 atom stereocenters. The zero-order valence-electron chi connectivity index (χ0n) is 33.1. The molecule has 0 radical (unpaired) electrons. The number of aliphatic hydroxyl groups excluding tert-OH is 2. The zero-order chi connectivity index (χ0) is 39.5. The molecule has 300 valence electrons. The Morgan fingerprint density at radius 3 is 2.36 bits per heavy atom. The summed E-state index contributed by atoms with van der Waals surface area (Å²) in [6.07, 6.45) is 9.43. The molecular weight excluding hydrogens is 709 g/mol. The quantitative estimate of drug-likeness (QED) is 0.0704. The van der Waals surface area contributed by atoms with Gasteiger partial charge in [-0.3, -0.25) is 4.90 Å². The van der Waals surface area contributed by atoms with Crippen LogP contribution in [-0.4, -0.2) is 78.8 Å². The number of rotatable bonds is 19. The lowest BCUT2D eigenvalue weighted by Gasteiger charge is -2.59. The monoisotopic (exact) mass is 766 g/mol. The third kappa shape index (κ3) is 8.67. The van der Waals surface area contributed by atoms with Crippen LogP contribution in [-0.2, 0) is 14.3 Å². The van der Waals surface area contributed by atoms with Crippen molar-refractivity contribution in [1.82, 2.24) is 4.90 Å². The number of nitrogens with zero attached hydrogens (tertiary/aromatic N) is 2. The van der Waals surface area contributed by atoms with Gasteiger partial charge in [0, 0.05) is 37.7 Å². The van der Waals surface area contributed by atoms with Gasteiger partial charge in [-0.05, 0) is 97.9 Å². The molecule has 1 saturated carbocycles. The maximum absolute atomic E-state index is 13.9. The van der Waals surface area contributed by atoms with Gasteiger partial charge in [-0.1, -0.05) is 79.5 Å². The molecule has 1 fully saturated rings. The number of amides is 1. The van der Waals surface area contributed by atoms with Gasteiger partial charge in [0.15, 0.2) is 0 Å². The van der Waals surface area contributed by atoms with Crippen molar-refractivity contribution in [3.05, 3.63) is 103 Å². The molecule has 2 aliphatic carbocycles. The van der Waals surface area contributed by atoms with Gasteiger partial charge in [-0.2, -0.15) is 0 Å². The fourth-order valence-electron chi connectivity index (χ4n) is 9.13. The van der Waals surface area contributed by atoms with Crippen LogP contribution in [0.15, 0.2) is 102 Å². The van der Waals surface area contributed by atoms with Gasteiger partial charge in [-0.15, -0.1) is 6.58 Å². The molecule has 0 spiro atoms. The van der Waals surface area contributed by atoms with Gasteiger partial charge in [0.25, 0.3) is 0 Å². The van der Waals surface area contributed by atoms with Crippen molar-refractivity contribution in [3.63, 3.8) is 0 Å². The van der Waals surface area contributed by atoms with Crippen LogP contribution in [0.2, 0.25) is 0 Å². The number of carbonyl (C=O) groups excluding carboxylic acids is 1. The van der Waals surface area contributed by atoms with E-state index in [2.05, 4.69) is 48.1 Å². The Bertz CT molecular complexity index is 1810. The van der Waals surface area contributed by atoms with E-state index in [1.807, 2.05) is 49.4 Å². The molecule has 6 rings (SSSR count). The van der Waals surface area contributed by atoms with Crippen LogP contribution in [0.5, 0.6) is 17.2 Å². The average Bonchev–Trinajstić information content (AvgIpc) is 3.22. The number of allylic oxidation sites excluding steroid dienone is 1. The molecule has 3 aromatic carbocycles. The first-order chi connectivity index (χ1) is 27.4. The third-order valence-corrected chi connectivity index (χ3v) is 11.4. The first-order valence-corrected chi connectivity index (χ1v) is 20.3. The third-order valence-electron chi connectivity index (χ3n) is 11.4. The number of unbranched alkanes of at least 4 members (excludes halogenated alkanes) is 2. The summed E-state index contributed by atoms with van der Waals surface area (Å²) in [4.78, 5) is 21.1. The number of oxime groups is 1. The first kappa shape index (κ1) is 41.0. The van der Waals surface area contributed by atoms with Crippen LogP contribution in [0.3, 0.4) is 0 Å². The Labute approximate surface area is 331 Å². The highest BCUT2D eigenvalue weighted by Crippen LogP contribution is 2.62. The summed E-state index contributed by atoms with van der Waals surface area (Å²) in [5, 5.41) is 24.3. The van der Waals surface area contributed by atoms with E-state index in [1.54, 1.807) is 25.0 Å². The van der Waals surface area contributed by atoms with Crippen LogP contribution in [0, 0.1) is 17.8 Å². The molecule has 0 bridgehead atoms. The van der Waals surface area contributed by atoms with Gasteiger partial charge in [0.1, 0.15) is 30.4 Å². The number of hydrogen-bond donors (Lipinski definition) is 2. The second kappa shape index (κ2) is 19.5. The van der Waals surface area contributed by atoms with E-state index in [-0.39, 0.29) is 44.2 Å². The van der Waals surface area contributed by atoms with Crippen molar-refractivity contribution in [2.45, 2.75) is 83.0 Å². The molecule has 1 aliphatic heterocycles. The maximum atomic E-state index is 13.9. The molecule has 1 amide bonds. The lowest BCUT2D eigenvalue weighted by Crippen LogP contribution is -2.70. The fraction of sp³-hybridized carbons (Fsp3) is 0.478. The molecule has 6 unspecified atom stereocenters. The van der Waals surface area contributed by atoms with E-state index < -0.39 is 23.8 Å². The molecule has 0 aromatic heterocycles. The molecule has 1 heterocycles. The highest BCUT2D eigenvalue weighted by Gasteiger charge is 2.65. The smallest absolute Gasteiger partial charge is 0.410 e. The van der Waals surface area contributed by atoms with Crippen molar-refractivity contribution >= 4 is 11.8 Å². The average molecular weight is 767 g/mol. The summed E-state index contributed by atoms with van der Waals surface area (Å²) in [5.41, 5.74) is 4.96. The van der Waals surface area contributed by atoms with Crippen molar-refractivity contribution in [3.8, 4) is 28.4 Å². The van der Waals surface area contributed by atoms with Crippen molar-refractivity contribution in [2.24, 2.45) is 22.9 Å². The summed E-state index contributed by atoms with van der Waals surface area (Å²) in [5.74, 6) is 0.422. The molecule has 3 aliphatic rings. The molecule has 3 aromatic rings. The largest absolute Gasteiger partial charge is 0.459 e. The van der Waals surface area contributed by atoms with E-state index in [0.29, 0.717) is 49.5 Å². The predicted molar refractivity (Wildman–Crippen MR) is 218 cm³/mol. The number of hydrogen-bond acceptors (Lipinski definition) is 9. The van der Waals surface area contributed by atoms with Gasteiger partial charge < -0.3 is 34.0 Å². The minimum absolute atomic E-state index is 0.105. The van der Waals surface area contributed by atoms with E-state index in [0.717, 1.165) is 53.7 Å². The highest BCUT2D eigenvalue weighted by atomic mass is 16.7. The number of aliphatic hydroxyl groups is 2. The maximum Gasteiger partial charge on any atom is 0.410 e. The van der Waals surface area contributed by atoms with Gasteiger partial charge in [-0.25, -0.2) is 4.79 Å². The van der Waals surface area contributed by atoms with Crippen LogP contribution in [0.1, 0.15) is 76.7 Å². The Hall–Kier alpha value is -4.64. The number of fused-ring (bicyclic) bond motifs is 2. The lowest BCUT2D eigenvalue weighted by atomic mass is 9.55. The summed E-state index contributed by atoms with van der Waals surface area (Å²) in [7, 11) is 1.55. The van der Waals surface area contributed by atoms with Crippen LogP contribution in [0.25, 0.3) is 11.1 Å². The Morgan fingerprint density at radius 2 is 1.68 bits per heavy atom. The van der Waals surface area contributed by atoms with Crippen LogP contribution >= 0.6 is 0 Å². The number of carbonyl (C=O) groups is 1. The second-order valence-electron chi connectivity index (χ2n) is 14.8. The van der Waals surface area contributed by atoms with Crippen molar-refractivity contribution < 1.29 is 38.8 Å². The summed E-state index contributed by atoms with van der Waals surface area (Å²) in [6.45, 7) is 8.93. The van der Waals surface area contributed by atoms with Crippen LogP contribution < -0.4 is 9.47 Å². The van der Waals surface area contributed by atoms with E-state index in [9.17, 15) is 15.0 Å². The van der Waals surface area contributed by atoms with E-state index in [1.165, 1.54) is 0 Å². The second-order valence-corrected chi connectivity index (χ2v) is 14.8. The predicted octanol–water partition coefficient (Wildman–Crippen LogP) is 9.28. The Morgan fingerprint density at radius 1 is 0.964 bits per heavy atom. The Kier molecular flexibility index (Phi) is 14.3. The topological polar surface area (TPSA) is 119 Å². The minimum Gasteiger partial charge on any atom is -0.459 e. The normalized spacial score (nSPS) is 24.3.